The molecule has 0 aliphatic carbocycles. The summed E-state index contributed by atoms with van der Waals surface area (Å²) in [6.45, 7) is 2.29. The highest BCUT2D eigenvalue weighted by Gasteiger charge is 2.10. The van der Waals surface area contributed by atoms with Gasteiger partial charge in [0.2, 0.25) is 5.91 Å². The van der Waals surface area contributed by atoms with Crippen molar-refractivity contribution in [2.75, 3.05) is 13.6 Å². The van der Waals surface area contributed by atoms with Gasteiger partial charge in [-0.3, -0.25) is 14.9 Å². The van der Waals surface area contributed by atoms with Gasteiger partial charge in [0.1, 0.15) is 0 Å². The maximum atomic E-state index is 11.2. The number of urea groups is 1. The van der Waals surface area contributed by atoms with Crippen LogP contribution in [0, 0.1) is 0 Å². The van der Waals surface area contributed by atoms with Crippen LogP contribution in [0.1, 0.15) is 26.2 Å². The summed E-state index contributed by atoms with van der Waals surface area (Å²) in [6.07, 6.45) is 0.227. The molecule has 0 saturated carbocycles. The van der Waals surface area contributed by atoms with Gasteiger partial charge in [-0.25, -0.2) is 4.79 Å². The van der Waals surface area contributed by atoms with E-state index in [4.69, 9.17) is 5.11 Å². The third-order valence-electron chi connectivity index (χ3n) is 1.86. The maximum absolute atomic E-state index is 11.2. The molecule has 2 N–H and O–H groups in total. The van der Waals surface area contributed by atoms with Crippen LogP contribution < -0.4 is 5.32 Å². The quantitative estimate of drug-likeness (QED) is 0.697. The molecule has 0 atom stereocenters. The second-order valence-electron chi connectivity index (χ2n) is 3.11. The molecule has 86 valence electrons. The molecule has 6 heteroatoms. The van der Waals surface area contributed by atoms with Crippen LogP contribution >= 0.6 is 0 Å². The predicted molar refractivity (Wildman–Crippen MR) is 53.3 cm³/mol. The average molecular weight is 216 g/mol. The molecule has 15 heavy (non-hydrogen) atoms. The van der Waals surface area contributed by atoms with E-state index in [1.165, 1.54) is 4.90 Å². The molecule has 0 unspecified atom stereocenters. The lowest BCUT2D eigenvalue weighted by molar-refractivity contribution is -0.137. The lowest BCUT2D eigenvalue weighted by atomic mass is 10.2. The average Bonchev–Trinajstić information content (AvgIpc) is 2.15. The number of carbonyl (C=O) groups is 3. The lowest BCUT2D eigenvalue weighted by Crippen LogP contribution is -2.40. The Morgan fingerprint density at radius 3 is 2.33 bits per heavy atom. The molecular formula is C9H16N2O4. The number of hydrogen-bond donors (Lipinski definition) is 2. The van der Waals surface area contributed by atoms with Gasteiger partial charge in [-0.15, -0.1) is 0 Å². The van der Waals surface area contributed by atoms with Crippen LogP contribution in [0.2, 0.25) is 0 Å². The van der Waals surface area contributed by atoms with Gasteiger partial charge in [-0.05, 0) is 13.3 Å². The topological polar surface area (TPSA) is 86.7 Å². The lowest BCUT2D eigenvalue weighted by Gasteiger charge is -2.14. The minimum Gasteiger partial charge on any atom is -0.481 e. The molecule has 0 radical (unpaired) electrons. The van der Waals surface area contributed by atoms with Crippen LogP contribution in [0.5, 0.6) is 0 Å². The highest BCUT2D eigenvalue weighted by atomic mass is 16.4. The van der Waals surface area contributed by atoms with Gasteiger partial charge in [0.05, 0.1) is 0 Å². The van der Waals surface area contributed by atoms with E-state index in [2.05, 4.69) is 5.32 Å². The van der Waals surface area contributed by atoms with Crippen molar-refractivity contribution >= 4 is 17.9 Å². The molecule has 3 amide bonds. The Balaban J connectivity index is 3.74. The second-order valence-corrected chi connectivity index (χ2v) is 3.11. The van der Waals surface area contributed by atoms with Crippen molar-refractivity contribution in [3.8, 4) is 0 Å². The smallest absolute Gasteiger partial charge is 0.323 e. The van der Waals surface area contributed by atoms with Crippen molar-refractivity contribution in [3.05, 3.63) is 0 Å². The van der Waals surface area contributed by atoms with Gasteiger partial charge in [-0.2, -0.15) is 0 Å². The van der Waals surface area contributed by atoms with Crippen LogP contribution in [0.15, 0.2) is 0 Å². The number of amides is 3. The first-order valence-corrected chi connectivity index (χ1v) is 4.74. The minimum absolute atomic E-state index is 0.0512. The Morgan fingerprint density at radius 2 is 1.87 bits per heavy atom. The molecule has 0 aliphatic rings. The zero-order chi connectivity index (χ0) is 11.8. The van der Waals surface area contributed by atoms with Crippen molar-refractivity contribution in [1.29, 1.82) is 0 Å². The van der Waals surface area contributed by atoms with Crippen LogP contribution in [0.3, 0.4) is 0 Å². The highest BCUT2D eigenvalue weighted by molar-refractivity contribution is 5.94. The predicted octanol–water partition coefficient (Wildman–Crippen LogP) is 0.429. The molecule has 0 aromatic rings. The maximum Gasteiger partial charge on any atom is 0.323 e. The molecule has 0 aliphatic heterocycles. The Kier molecular flexibility index (Phi) is 6.08. The SMILES string of the molecule is CCN(C)C(=O)NC(=O)CCCC(=O)O. The first kappa shape index (κ1) is 13.4. The molecule has 0 fully saturated rings. The number of imide groups is 1. The number of nitrogens with one attached hydrogen (secondary N) is 1. The Hall–Kier alpha value is -1.59. The van der Waals surface area contributed by atoms with E-state index in [9.17, 15) is 14.4 Å². The van der Waals surface area contributed by atoms with E-state index in [1.807, 2.05) is 0 Å². The first-order valence-electron chi connectivity index (χ1n) is 4.74. The van der Waals surface area contributed by atoms with Crippen molar-refractivity contribution < 1.29 is 19.5 Å². The second kappa shape index (κ2) is 6.80. The summed E-state index contributed by atoms with van der Waals surface area (Å²) in [4.78, 5) is 33.8. The number of carboxylic acids is 1. The third-order valence-corrected chi connectivity index (χ3v) is 1.86. The van der Waals surface area contributed by atoms with E-state index < -0.39 is 17.9 Å². The highest BCUT2D eigenvalue weighted by Crippen LogP contribution is 1.95. The number of carboxylic acid groups (broad SMARTS) is 1. The summed E-state index contributed by atoms with van der Waals surface area (Å²) in [5.41, 5.74) is 0. The third kappa shape index (κ3) is 6.48. The van der Waals surface area contributed by atoms with Gasteiger partial charge in [-0.1, -0.05) is 0 Å². The number of hydrogen-bond acceptors (Lipinski definition) is 3. The van der Waals surface area contributed by atoms with Crippen molar-refractivity contribution in [1.82, 2.24) is 10.2 Å². The van der Waals surface area contributed by atoms with Gasteiger partial charge < -0.3 is 10.0 Å². The summed E-state index contributed by atoms with van der Waals surface area (Å²) in [5, 5.41) is 10.5. The zero-order valence-electron chi connectivity index (χ0n) is 8.95. The summed E-state index contributed by atoms with van der Waals surface area (Å²) in [5.74, 6) is -1.39. The standard InChI is InChI=1S/C9H16N2O4/c1-3-11(2)9(15)10-7(12)5-4-6-8(13)14/h3-6H2,1-2H3,(H,13,14)(H,10,12,15). The van der Waals surface area contributed by atoms with Gasteiger partial charge in [0.25, 0.3) is 0 Å². The molecular weight excluding hydrogens is 200 g/mol. The normalized spacial score (nSPS) is 9.47. The van der Waals surface area contributed by atoms with E-state index in [0.29, 0.717) is 6.54 Å². The van der Waals surface area contributed by atoms with Gasteiger partial charge >= 0.3 is 12.0 Å². The van der Waals surface area contributed by atoms with Crippen molar-refractivity contribution in [2.24, 2.45) is 0 Å². The van der Waals surface area contributed by atoms with Gasteiger partial charge in [0, 0.05) is 26.4 Å². The monoisotopic (exact) mass is 216 g/mol. The number of nitrogens with zero attached hydrogens (tertiary/aromatic N) is 1. The molecule has 6 nitrogen and oxygen atoms in total. The fraction of sp³-hybridized carbons (Fsp3) is 0.667. The molecule has 0 aromatic carbocycles. The number of carbonyl (C=O) groups excluding carboxylic acids is 2. The Bertz CT molecular complexity index is 252. The Labute approximate surface area is 88.2 Å². The fourth-order valence-electron chi connectivity index (χ4n) is 0.821. The van der Waals surface area contributed by atoms with E-state index in [0.717, 1.165) is 0 Å². The van der Waals surface area contributed by atoms with Crippen LogP contribution in [0.4, 0.5) is 4.79 Å². The molecule has 0 rings (SSSR count). The summed E-state index contributed by atoms with van der Waals surface area (Å²) >= 11 is 0. The first-order chi connectivity index (χ1) is 6.97. The van der Waals surface area contributed by atoms with Crippen LogP contribution in [-0.2, 0) is 9.59 Å². The molecule has 0 spiro atoms. The van der Waals surface area contributed by atoms with Crippen molar-refractivity contribution in [2.45, 2.75) is 26.2 Å². The molecule has 0 aromatic heterocycles. The summed E-state index contributed by atoms with van der Waals surface area (Å²) in [7, 11) is 1.57. The van der Waals surface area contributed by atoms with Crippen LogP contribution in [0.25, 0.3) is 0 Å². The van der Waals surface area contributed by atoms with Crippen LogP contribution in [-0.4, -0.2) is 41.5 Å². The summed E-state index contributed by atoms with van der Waals surface area (Å²) < 4.78 is 0. The fourth-order valence-corrected chi connectivity index (χ4v) is 0.821. The number of aliphatic carboxylic acids is 1. The minimum atomic E-state index is -0.945. The van der Waals surface area contributed by atoms with E-state index >= 15 is 0 Å². The summed E-state index contributed by atoms with van der Waals surface area (Å²) in [6, 6.07) is -0.460. The zero-order valence-corrected chi connectivity index (χ0v) is 8.95. The van der Waals surface area contributed by atoms with Gasteiger partial charge in [0.15, 0.2) is 0 Å². The molecule has 0 heterocycles. The van der Waals surface area contributed by atoms with Crippen molar-refractivity contribution in [3.63, 3.8) is 0 Å². The Morgan fingerprint density at radius 1 is 1.27 bits per heavy atom. The number of rotatable bonds is 5. The van der Waals surface area contributed by atoms with E-state index in [-0.39, 0.29) is 19.3 Å². The van der Waals surface area contributed by atoms with E-state index in [1.54, 1.807) is 14.0 Å². The molecule has 0 saturated heterocycles. The molecule has 0 bridgehead atoms. The largest absolute Gasteiger partial charge is 0.481 e.